The van der Waals surface area contributed by atoms with Crippen LogP contribution in [0.2, 0.25) is 5.28 Å². The first kappa shape index (κ1) is 14.5. The van der Waals surface area contributed by atoms with E-state index >= 15 is 0 Å². The minimum atomic E-state index is -0.482. The van der Waals surface area contributed by atoms with Crippen LogP contribution < -0.4 is 5.32 Å². The van der Waals surface area contributed by atoms with E-state index < -0.39 is 5.82 Å². The summed E-state index contributed by atoms with van der Waals surface area (Å²) >= 11 is 7.36. The molecule has 1 N–H and O–H groups in total. The van der Waals surface area contributed by atoms with Gasteiger partial charge in [0.25, 0.3) is 0 Å². The highest BCUT2D eigenvalue weighted by Crippen LogP contribution is 2.26. The van der Waals surface area contributed by atoms with Crippen molar-refractivity contribution < 1.29 is 4.39 Å². The Labute approximate surface area is 111 Å². The summed E-state index contributed by atoms with van der Waals surface area (Å²) < 4.78 is 13.5. The van der Waals surface area contributed by atoms with Crippen LogP contribution in [0.25, 0.3) is 0 Å². The van der Waals surface area contributed by atoms with Gasteiger partial charge in [-0.15, -0.1) is 0 Å². The number of thioether (sulfide) groups is 1. The molecule has 0 spiro atoms. The van der Waals surface area contributed by atoms with Gasteiger partial charge >= 0.3 is 0 Å². The van der Waals surface area contributed by atoms with Crippen molar-refractivity contribution in [3.05, 3.63) is 17.3 Å². The minimum absolute atomic E-state index is 0.00682. The highest BCUT2D eigenvalue weighted by atomic mass is 35.5. The van der Waals surface area contributed by atoms with Crippen molar-refractivity contribution in [1.82, 2.24) is 9.97 Å². The third-order valence-electron chi connectivity index (χ3n) is 2.40. The van der Waals surface area contributed by atoms with Gasteiger partial charge in [-0.1, -0.05) is 20.8 Å². The molecule has 96 valence electrons. The molecule has 1 heterocycles. The van der Waals surface area contributed by atoms with Crippen LogP contribution in [0.5, 0.6) is 0 Å². The minimum Gasteiger partial charge on any atom is -0.363 e. The number of hydrogen-bond donors (Lipinski definition) is 1. The van der Waals surface area contributed by atoms with Gasteiger partial charge in [-0.05, 0) is 23.3 Å². The van der Waals surface area contributed by atoms with Crippen molar-refractivity contribution in [2.75, 3.05) is 17.3 Å². The Balaban J connectivity index is 2.89. The maximum atomic E-state index is 13.5. The molecule has 0 aromatic carbocycles. The summed E-state index contributed by atoms with van der Waals surface area (Å²) in [5, 5.41) is 3.14. The van der Waals surface area contributed by atoms with Crippen LogP contribution in [0.1, 0.15) is 20.8 Å². The van der Waals surface area contributed by atoms with Crippen LogP contribution in [0, 0.1) is 11.2 Å². The second-order valence-corrected chi connectivity index (χ2v) is 6.10. The van der Waals surface area contributed by atoms with Gasteiger partial charge in [0.05, 0.1) is 6.20 Å². The van der Waals surface area contributed by atoms with E-state index in [-0.39, 0.29) is 22.6 Å². The Morgan fingerprint density at radius 1 is 1.53 bits per heavy atom. The van der Waals surface area contributed by atoms with Crippen molar-refractivity contribution in [1.29, 1.82) is 0 Å². The zero-order chi connectivity index (χ0) is 13.1. The summed E-state index contributed by atoms with van der Waals surface area (Å²) in [4.78, 5) is 7.46. The lowest BCUT2D eigenvalue weighted by molar-refractivity contribution is 0.362. The van der Waals surface area contributed by atoms with E-state index in [2.05, 4.69) is 36.1 Å². The molecular formula is C11H17ClFN3S. The first-order valence-corrected chi connectivity index (χ1v) is 7.05. The van der Waals surface area contributed by atoms with E-state index in [1.807, 2.05) is 6.26 Å². The van der Waals surface area contributed by atoms with Crippen molar-refractivity contribution in [2.45, 2.75) is 26.8 Å². The molecule has 6 heteroatoms. The Morgan fingerprint density at radius 3 is 2.71 bits per heavy atom. The average molecular weight is 278 g/mol. The average Bonchev–Trinajstić information content (AvgIpc) is 2.21. The predicted molar refractivity (Wildman–Crippen MR) is 72.2 cm³/mol. The first-order valence-electron chi connectivity index (χ1n) is 5.28. The second kappa shape index (κ2) is 5.87. The van der Waals surface area contributed by atoms with Crippen molar-refractivity contribution >= 4 is 29.2 Å². The van der Waals surface area contributed by atoms with E-state index in [0.29, 0.717) is 0 Å². The van der Waals surface area contributed by atoms with Gasteiger partial charge in [-0.2, -0.15) is 16.7 Å². The Hall–Kier alpha value is -0.550. The van der Waals surface area contributed by atoms with Crippen molar-refractivity contribution in [2.24, 2.45) is 5.41 Å². The number of hydrogen-bond acceptors (Lipinski definition) is 4. The molecular weight excluding hydrogens is 261 g/mol. The topological polar surface area (TPSA) is 37.8 Å². The predicted octanol–water partition coefficient (Wildman–Crippen LogP) is 3.46. The zero-order valence-electron chi connectivity index (χ0n) is 10.4. The Morgan fingerprint density at radius 2 is 2.18 bits per heavy atom. The van der Waals surface area contributed by atoms with Crippen molar-refractivity contribution in [3.63, 3.8) is 0 Å². The van der Waals surface area contributed by atoms with Crippen LogP contribution in [-0.2, 0) is 0 Å². The number of aromatic nitrogens is 2. The molecule has 0 saturated carbocycles. The molecule has 0 fully saturated rings. The summed E-state index contributed by atoms with van der Waals surface area (Å²) in [7, 11) is 0. The van der Waals surface area contributed by atoms with Crippen LogP contribution in [-0.4, -0.2) is 28.0 Å². The third-order valence-corrected chi connectivity index (χ3v) is 3.25. The normalized spacial score (nSPS) is 13.5. The molecule has 0 radical (unpaired) electrons. The maximum absolute atomic E-state index is 13.5. The molecule has 0 aliphatic rings. The summed E-state index contributed by atoms with van der Waals surface area (Å²) in [5.74, 6) is 0.550. The molecule has 0 bridgehead atoms. The molecule has 0 aliphatic heterocycles. The van der Waals surface area contributed by atoms with Crippen LogP contribution in [0.4, 0.5) is 10.2 Å². The highest BCUT2D eigenvalue weighted by molar-refractivity contribution is 7.98. The van der Waals surface area contributed by atoms with Gasteiger partial charge < -0.3 is 5.32 Å². The quantitative estimate of drug-likeness (QED) is 0.856. The second-order valence-electron chi connectivity index (χ2n) is 4.85. The van der Waals surface area contributed by atoms with E-state index in [9.17, 15) is 4.39 Å². The number of halogens is 2. The molecule has 0 amide bonds. The van der Waals surface area contributed by atoms with E-state index in [1.54, 1.807) is 11.8 Å². The molecule has 1 unspecified atom stereocenters. The van der Waals surface area contributed by atoms with Crippen LogP contribution in [0.15, 0.2) is 6.20 Å². The van der Waals surface area contributed by atoms with Gasteiger partial charge in [0.2, 0.25) is 5.28 Å². The first-order chi connectivity index (χ1) is 7.84. The van der Waals surface area contributed by atoms with Gasteiger partial charge in [0.15, 0.2) is 11.6 Å². The fourth-order valence-electron chi connectivity index (χ4n) is 1.29. The molecule has 1 aromatic rings. The summed E-state index contributed by atoms with van der Waals surface area (Å²) in [6, 6.07) is 0.109. The van der Waals surface area contributed by atoms with Gasteiger partial charge in [0, 0.05) is 11.8 Å². The Bertz CT molecular complexity index is 381. The molecule has 0 saturated heterocycles. The van der Waals surface area contributed by atoms with E-state index in [0.717, 1.165) is 11.9 Å². The molecule has 1 atom stereocenters. The molecule has 1 rings (SSSR count). The van der Waals surface area contributed by atoms with Gasteiger partial charge in [-0.3, -0.25) is 0 Å². The van der Waals surface area contributed by atoms with E-state index in [4.69, 9.17) is 11.6 Å². The number of nitrogens with one attached hydrogen (secondary N) is 1. The zero-order valence-corrected chi connectivity index (χ0v) is 12.0. The lowest BCUT2D eigenvalue weighted by atomic mass is 9.88. The molecule has 1 aromatic heterocycles. The smallest absolute Gasteiger partial charge is 0.224 e. The molecule has 3 nitrogen and oxygen atoms in total. The van der Waals surface area contributed by atoms with Crippen LogP contribution in [0.3, 0.4) is 0 Å². The molecule has 17 heavy (non-hydrogen) atoms. The fourth-order valence-corrected chi connectivity index (χ4v) is 2.34. The molecule has 0 aliphatic carbocycles. The maximum Gasteiger partial charge on any atom is 0.224 e. The standard InChI is InChI=1S/C11H17ClFN3S/c1-11(2,3)8(6-17-4)15-9-7(13)5-14-10(12)16-9/h5,8H,6H2,1-4H3,(H,14,15,16). The van der Waals surface area contributed by atoms with Gasteiger partial charge in [-0.25, -0.2) is 9.37 Å². The third kappa shape index (κ3) is 4.32. The largest absolute Gasteiger partial charge is 0.363 e. The number of rotatable bonds is 4. The number of anilines is 1. The number of nitrogens with zero attached hydrogens (tertiary/aromatic N) is 2. The monoisotopic (exact) mass is 277 g/mol. The summed E-state index contributed by atoms with van der Waals surface area (Å²) in [6.07, 6.45) is 3.10. The van der Waals surface area contributed by atoms with Gasteiger partial charge in [0.1, 0.15) is 0 Å². The summed E-state index contributed by atoms with van der Waals surface area (Å²) in [5.41, 5.74) is 0.00682. The highest BCUT2D eigenvalue weighted by Gasteiger charge is 2.25. The van der Waals surface area contributed by atoms with Crippen molar-refractivity contribution in [3.8, 4) is 0 Å². The Kier molecular flexibility index (Phi) is 5.01. The lowest BCUT2D eigenvalue weighted by Crippen LogP contribution is -2.36. The fraction of sp³-hybridized carbons (Fsp3) is 0.636. The van der Waals surface area contributed by atoms with E-state index in [1.165, 1.54) is 0 Å². The lowest BCUT2D eigenvalue weighted by Gasteiger charge is -2.31. The van der Waals surface area contributed by atoms with Crippen LogP contribution >= 0.6 is 23.4 Å². The SMILES string of the molecule is CSCC(Nc1nc(Cl)ncc1F)C(C)(C)C. The summed E-state index contributed by atoms with van der Waals surface area (Å²) in [6.45, 7) is 6.30.